The highest BCUT2D eigenvalue weighted by molar-refractivity contribution is 8.14. The molecule has 1 aromatic rings. The van der Waals surface area contributed by atoms with E-state index in [-0.39, 0.29) is 5.56 Å². The molecule has 0 fully saturated rings. The van der Waals surface area contributed by atoms with E-state index in [1.165, 1.54) is 6.92 Å². The normalized spacial score (nSPS) is 12.3. The molecule has 1 aromatic heterocycles. The van der Waals surface area contributed by atoms with E-state index in [9.17, 15) is 26.9 Å². The number of aromatic nitrogens is 1. The first-order valence-electron chi connectivity index (χ1n) is 4.79. The Hall–Kier alpha value is -1.26. The first kappa shape index (κ1) is 15.8. The number of hydrogen-bond donors (Lipinski definition) is 0. The third kappa shape index (κ3) is 4.40. The van der Waals surface area contributed by atoms with E-state index in [4.69, 9.17) is 10.7 Å². The molecule has 0 saturated heterocycles. The maximum absolute atomic E-state index is 11.8. The highest BCUT2D eigenvalue weighted by Gasteiger charge is 2.23. The summed E-state index contributed by atoms with van der Waals surface area (Å²) in [7, 11) is -3.10. The van der Waals surface area contributed by atoms with Crippen LogP contribution in [0.2, 0.25) is 0 Å². The fourth-order valence-corrected chi connectivity index (χ4v) is 4.13. The van der Waals surface area contributed by atoms with Gasteiger partial charge in [0.25, 0.3) is 5.69 Å². The topological polar surface area (TPSA) is 124 Å². The van der Waals surface area contributed by atoms with Gasteiger partial charge in [-0.25, -0.2) is 21.8 Å². The predicted molar refractivity (Wildman–Crippen MR) is 67.3 cm³/mol. The Morgan fingerprint density at radius 3 is 2.37 bits per heavy atom. The minimum Gasteiger partial charge on any atom is -0.258 e. The number of rotatable bonds is 5. The molecule has 0 aliphatic carbocycles. The number of pyridine rings is 1. The Labute approximate surface area is 113 Å². The van der Waals surface area contributed by atoms with Gasteiger partial charge in [0.15, 0.2) is 14.9 Å². The second-order valence-corrected chi connectivity index (χ2v) is 8.58. The van der Waals surface area contributed by atoms with Crippen LogP contribution in [0.4, 0.5) is 5.69 Å². The largest absolute Gasteiger partial charge is 0.276 e. The number of nitro groups is 1. The summed E-state index contributed by atoms with van der Waals surface area (Å²) in [6, 6.07) is 0.797. The Morgan fingerprint density at radius 2 is 1.89 bits per heavy atom. The molecule has 0 aromatic carbocycles. The fourth-order valence-electron chi connectivity index (χ4n) is 1.18. The van der Waals surface area contributed by atoms with Crippen molar-refractivity contribution in [2.24, 2.45) is 0 Å². The number of hydrogen-bond acceptors (Lipinski definition) is 7. The van der Waals surface area contributed by atoms with Crippen LogP contribution in [0.3, 0.4) is 0 Å². The molecule has 1 heterocycles. The molecule has 19 heavy (non-hydrogen) atoms. The second-order valence-electron chi connectivity index (χ2n) is 3.63. The molecule has 11 heteroatoms. The average molecular weight is 329 g/mol. The molecule has 0 aliphatic rings. The summed E-state index contributed by atoms with van der Waals surface area (Å²) in [5.41, 5.74) is -0.198. The molecule has 0 N–H and O–H groups in total. The monoisotopic (exact) mass is 328 g/mol. The van der Waals surface area contributed by atoms with E-state index in [0.29, 0.717) is 0 Å². The van der Waals surface area contributed by atoms with Crippen molar-refractivity contribution in [1.82, 2.24) is 4.98 Å². The molecule has 1 rings (SSSR count). The Kier molecular flexibility index (Phi) is 4.48. The SMILES string of the molecule is Cc1cnc(S(=O)(=O)CCS(=O)(=O)Cl)cc1[N+](=O)[O-]. The van der Waals surface area contributed by atoms with Crippen LogP contribution in [0.25, 0.3) is 0 Å². The van der Waals surface area contributed by atoms with Crippen molar-refractivity contribution in [2.75, 3.05) is 11.5 Å². The quantitative estimate of drug-likeness (QED) is 0.441. The molecular formula is C8H9ClN2O6S2. The average Bonchev–Trinajstić information content (AvgIpc) is 2.25. The molecule has 0 bridgehead atoms. The summed E-state index contributed by atoms with van der Waals surface area (Å²) < 4.78 is 44.9. The molecule has 0 atom stereocenters. The lowest BCUT2D eigenvalue weighted by Crippen LogP contribution is -2.15. The van der Waals surface area contributed by atoms with Gasteiger partial charge in [0, 0.05) is 22.4 Å². The summed E-state index contributed by atoms with van der Waals surface area (Å²) in [6.45, 7) is 1.41. The zero-order chi connectivity index (χ0) is 14.8. The second kappa shape index (κ2) is 5.39. The molecule has 106 valence electrons. The molecular weight excluding hydrogens is 320 g/mol. The van der Waals surface area contributed by atoms with Gasteiger partial charge in [-0.15, -0.1) is 0 Å². The molecule has 0 aliphatic heterocycles. The van der Waals surface area contributed by atoms with Gasteiger partial charge in [0.2, 0.25) is 9.05 Å². The summed E-state index contributed by atoms with van der Waals surface area (Å²) in [5.74, 6) is -1.58. The van der Waals surface area contributed by atoms with Crippen molar-refractivity contribution < 1.29 is 21.8 Å². The third-order valence-corrected chi connectivity index (χ3v) is 5.18. The van der Waals surface area contributed by atoms with Crippen LogP contribution in [-0.2, 0) is 18.9 Å². The van der Waals surface area contributed by atoms with E-state index < -0.39 is 46.0 Å². The lowest BCUT2D eigenvalue weighted by atomic mass is 10.3. The van der Waals surface area contributed by atoms with Gasteiger partial charge in [-0.1, -0.05) is 0 Å². The van der Waals surface area contributed by atoms with Gasteiger partial charge in [-0.05, 0) is 6.92 Å². The van der Waals surface area contributed by atoms with Gasteiger partial charge in [-0.3, -0.25) is 10.1 Å². The van der Waals surface area contributed by atoms with Crippen molar-refractivity contribution in [1.29, 1.82) is 0 Å². The lowest BCUT2D eigenvalue weighted by Gasteiger charge is -2.03. The van der Waals surface area contributed by atoms with Crippen molar-refractivity contribution in [2.45, 2.75) is 11.9 Å². The van der Waals surface area contributed by atoms with Crippen molar-refractivity contribution in [3.63, 3.8) is 0 Å². The van der Waals surface area contributed by atoms with Gasteiger partial charge in [-0.2, -0.15) is 0 Å². The molecule has 0 saturated carbocycles. The van der Waals surface area contributed by atoms with E-state index in [1.807, 2.05) is 0 Å². The Balaban J connectivity index is 3.16. The minimum absolute atomic E-state index is 0.203. The van der Waals surface area contributed by atoms with E-state index >= 15 is 0 Å². The highest BCUT2D eigenvalue weighted by atomic mass is 35.7. The summed E-state index contributed by atoms with van der Waals surface area (Å²) in [4.78, 5) is 13.5. The van der Waals surface area contributed by atoms with Crippen LogP contribution in [-0.4, -0.2) is 38.2 Å². The fraction of sp³-hybridized carbons (Fsp3) is 0.375. The first-order chi connectivity index (χ1) is 8.53. The van der Waals surface area contributed by atoms with Crippen LogP contribution in [0.1, 0.15) is 5.56 Å². The zero-order valence-electron chi connectivity index (χ0n) is 9.61. The Bertz CT molecular complexity index is 713. The van der Waals surface area contributed by atoms with Gasteiger partial charge < -0.3 is 0 Å². The standard InChI is InChI=1S/C8H9ClN2O6S2/c1-6-5-10-8(4-7(6)11(12)13)18(14,15)2-3-19(9,16)17/h4-5H,2-3H2,1H3. The molecule has 0 amide bonds. The van der Waals surface area contributed by atoms with Crippen LogP contribution < -0.4 is 0 Å². The molecule has 0 radical (unpaired) electrons. The minimum atomic E-state index is -4.05. The smallest absolute Gasteiger partial charge is 0.258 e. The van der Waals surface area contributed by atoms with Gasteiger partial charge >= 0.3 is 0 Å². The molecule has 0 spiro atoms. The highest BCUT2D eigenvalue weighted by Crippen LogP contribution is 2.20. The first-order valence-corrected chi connectivity index (χ1v) is 8.92. The number of aryl methyl sites for hydroxylation is 1. The third-order valence-electron chi connectivity index (χ3n) is 2.16. The number of sulfone groups is 1. The van der Waals surface area contributed by atoms with Gasteiger partial charge in [0.1, 0.15) is 0 Å². The van der Waals surface area contributed by atoms with Crippen molar-refractivity contribution in [3.8, 4) is 0 Å². The predicted octanol–water partition coefficient (Wildman–Crippen LogP) is 0.641. The van der Waals surface area contributed by atoms with Crippen LogP contribution >= 0.6 is 10.7 Å². The zero-order valence-corrected chi connectivity index (χ0v) is 12.0. The van der Waals surface area contributed by atoms with Crippen LogP contribution in [0, 0.1) is 17.0 Å². The number of nitrogens with zero attached hydrogens (tertiary/aromatic N) is 2. The van der Waals surface area contributed by atoms with Crippen LogP contribution in [0.5, 0.6) is 0 Å². The summed E-state index contributed by atoms with van der Waals surface area (Å²) in [5, 5.41) is 10.1. The lowest BCUT2D eigenvalue weighted by molar-refractivity contribution is -0.385. The summed E-state index contributed by atoms with van der Waals surface area (Å²) >= 11 is 0. The van der Waals surface area contributed by atoms with Crippen molar-refractivity contribution >= 4 is 35.3 Å². The Morgan fingerprint density at radius 1 is 1.32 bits per heavy atom. The number of halogens is 1. The van der Waals surface area contributed by atoms with Crippen LogP contribution in [0.15, 0.2) is 17.3 Å². The van der Waals surface area contributed by atoms with E-state index in [1.54, 1.807) is 0 Å². The maximum atomic E-state index is 11.8. The van der Waals surface area contributed by atoms with Gasteiger partial charge in [0.05, 0.1) is 22.5 Å². The van der Waals surface area contributed by atoms with E-state index in [0.717, 1.165) is 12.3 Å². The maximum Gasteiger partial charge on any atom is 0.276 e. The molecule has 0 unspecified atom stereocenters. The van der Waals surface area contributed by atoms with E-state index in [2.05, 4.69) is 4.98 Å². The van der Waals surface area contributed by atoms with Crippen molar-refractivity contribution in [3.05, 3.63) is 27.9 Å². The molecule has 8 nitrogen and oxygen atoms in total. The summed E-state index contributed by atoms with van der Waals surface area (Å²) in [6.07, 6.45) is 1.04.